The molecule has 0 fully saturated rings. The number of aldehydes is 1. The molecule has 0 radical (unpaired) electrons. The van der Waals surface area contributed by atoms with Crippen molar-refractivity contribution in [1.82, 2.24) is 0 Å². The maximum atomic E-state index is 10.6. The molecule has 0 spiro atoms. The second kappa shape index (κ2) is 4.96. The predicted molar refractivity (Wildman–Crippen MR) is 61.4 cm³/mol. The summed E-state index contributed by atoms with van der Waals surface area (Å²) in [5.41, 5.74) is 3.52. The first-order valence-corrected chi connectivity index (χ1v) is 5.18. The fourth-order valence-corrected chi connectivity index (χ4v) is 1.77. The third kappa shape index (κ3) is 2.82. The quantitative estimate of drug-likeness (QED) is 0.708. The zero-order chi connectivity index (χ0) is 11.4. The first-order chi connectivity index (χ1) is 7.08. The van der Waals surface area contributed by atoms with Crippen LogP contribution in [0.2, 0.25) is 0 Å². The topological polar surface area (TPSA) is 26.3 Å². The Kier molecular flexibility index (Phi) is 3.89. The van der Waals surface area contributed by atoms with Gasteiger partial charge in [-0.3, -0.25) is 0 Å². The third-order valence-electron chi connectivity index (χ3n) is 2.55. The minimum atomic E-state index is 0.0420. The van der Waals surface area contributed by atoms with E-state index in [-0.39, 0.29) is 5.92 Å². The van der Waals surface area contributed by atoms with E-state index < -0.39 is 0 Å². The number of hydrogen-bond donors (Lipinski definition) is 0. The van der Waals surface area contributed by atoms with Crippen LogP contribution >= 0.6 is 0 Å². The molecule has 0 amide bonds. The van der Waals surface area contributed by atoms with E-state index >= 15 is 0 Å². The molecular weight excluding hydrogens is 188 g/mol. The van der Waals surface area contributed by atoms with Crippen LogP contribution in [0.4, 0.5) is 0 Å². The number of aryl methyl sites for hydroxylation is 2. The molecule has 0 heterocycles. The SMILES string of the molecule is COc1cc(C)cc(C)c1CC(C)C=O. The van der Waals surface area contributed by atoms with Crippen molar-refractivity contribution in [2.75, 3.05) is 7.11 Å². The Morgan fingerprint density at radius 2 is 2.07 bits per heavy atom. The maximum absolute atomic E-state index is 10.6. The van der Waals surface area contributed by atoms with Gasteiger partial charge in [0, 0.05) is 5.92 Å². The van der Waals surface area contributed by atoms with E-state index in [9.17, 15) is 4.79 Å². The summed E-state index contributed by atoms with van der Waals surface area (Å²) in [4.78, 5) is 10.6. The predicted octanol–water partition coefficient (Wildman–Crippen LogP) is 2.69. The van der Waals surface area contributed by atoms with E-state index in [2.05, 4.69) is 13.0 Å². The number of carbonyl (C=O) groups is 1. The summed E-state index contributed by atoms with van der Waals surface area (Å²) in [5, 5.41) is 0. The van der Waals surface area contributed by atoms with Crippen molar-refractivity contribution in [2.45, 2.75) is 27.2 Å². The van der Waals surface area contributed by atoms with Crippen LogP contribution < -0.4 is 4.74 Å². The lowest BCUT2D eigenvalue weighted by atomic mass is 9.96. The molecule has 0 bridgehead atoms. The molecule has 2 heteroatoms. The highest BCUT2D eigenvalue weighted by molar-refractivity contribution is 5.55. The zero-order valence-corrected chi connectivity index (χ0v) is 9.83. The Labute approximate surface area is 91.3 Å². The van der Waals surface area contributed by atoms with E-state index in [4.69, 9.17) is 4.74 Å². The third-order valence-corrected chi connectivity index (χ3v) is 2.55. The minimum Gasteiger partial charge on any atom is -0.496 e. The summed E-state index contributed by atoms with van der Waals surface area (Å²) in [6.07, 6.45) is 1.73. The van der Waals surface area contributed by atoms with Gasteiger partial charge in [-0.05, 0) is 43.0 Å². The number of rotatable bonds is 4. The Morgan fingerprint density at radius 3 is 2.60 bits per heavy atom. The molecular formula is C13H18O2. The summed E-state index contributed by atoms with van der Waals surface area (Å²) in [6, 6.07) is 4.13. The van der Waals surface area contributed by atoms with Crippen molar-refractivity contribution in [2.24, 2.45) is 5.92 Å². The number of benzene rings is 1. The highest BCUT2D eigenvalue weighted by Crippen LogP contribution is 2.26. The highest BCUT2D eigenvalue weighted by atomic mass is 16.5. The molecule has 0 aliphatic heterocycles. The smallest absolute Gasteiger partial charge is 0.123 e. The number of carbonyl (C=O) groups excluding carboxylic acids is 1. The maximum Gasteiger partial charge on any atom is 0.123 e. The average molecular weight is 206 g/mol. The van der Waals surface area contributed by atoms with Gasteiger partial charge in [-0.15, -0.1) is 0 Å². The van der Waals surface area contributed by atoms with Gasteiger partial charge in [0.1, 0.15) is 12.0 Å². The van der Waals surface area contributed by atoms with Gasteiger partial charge < -0.3 is 9.53 Å². The van der Waals surface area contributed by atoms with Gasteiger partial charge in [-0.2, -0.15) is 0 Å². The van der Waals surface area contributed by atoms with Crippen LogP contribution in [0.3, 0.4) is 0 Å². The molecule has 1 rings (SSSR count). The Morgan fingerprint density at radius 1 is 1.40 bits per heavy atom. The number of ether oxygens (including phenoxy) is 1. The summed E-state index contributed by atoms with van der Waals surface area (Å²) in [7, 11) is 1.67. The molecule has 0 aliphatic carbocycles. The molecule has 1 aromatic carbocycles. The minimum absolute atomic E-state index is 0.0420. The summed E-state index contributed by atoms with van der Waals surface area (Å²) < 4.78 is 5.34. The van der Waals surface area contributed by atoms with E-state index in [0.29, 0.717) is 0 Å². The molecule has 1 aromatic rings. The lowest BCUT2D eigenvalue weighted by Crippen LogP contribution is -2.05. The standard InChI is InChI=1S/C13H18O2/c1-9-5-11(3)12(6-10(2)8-14)13(7-9)15-4/h5,7-8,10H,6H2,1-4H3. The van der Waals surface area contributed by atoms with Crippen molar-refractivity contribution in [3.05, 3.63) is 28.8 Å². The van der Waals surface area contributed by atoms with Crippen LogP contribution in [0.15, 0.2) is 12.1 Å². The fraction of sp³-hybridized carbons (Fsp3) is 0.462. The van der Waals surface area contributed by atoms with Crippen molar-refractivity contribution >= 4 is 6.29 Å². The van der Waals surface area contributed by atoms with Crippen LogP contribution in [-0.4, -0.2) is 13.4 Å². The Hall–Kier alpha value is -1.31. The first kappa shape index (κ1) is 11.8. The molecule has 0 saturated heterocycles. The normalized spacial score (nSPS) is 12.3. The largest absolute Gasteiger partial charge is 0.496 e. The van der Waals surface area contributed by atoms with Gasteiger partial charge in [0.15, 0.2) is 0 Å². The van der Waals surface area contributed by atoms with Crippen molar-refractivity contribution in [3.8, 4) is 5.75 Å². The number of hydrogen-bond acceptors (Lipinski definition) is 2. The molecule has 0 aliphatic rings. The second-order valence-electron chi connectivity index (χ2n) is 4.08. The first-order valence-electron chi connectivity index (χ1n) is 5.18. The Balaban J connectivity index is 3.09. The van der Waals surface area contributed by atoms with Gasteiger partial charge in [0.05, 0.1) is 7.11 Å². The highest BCUT2D eigenvalue weighted by Gasteiger charge is 2.11. The van der Waals surface area contributed by atoms with Gasteiger partial charge >= 0.3 is 0 Å². The summed E-state index contributed by atoms with van der Waals surface area (Å²) >= 11 is 0. The second-order valence-corrected chi connectivity index (χ2v) is 4.08. The molecule has 1 unspecified atom stereocenters. The van der Waals surface area contributed by atoms with Gasteiger partial charge in [0.2, 0.25) is 0 Å². The Bertz CT molecular complexity index is 356. The van der Waals surface area contributed by atoms with Crippen molar-refractivity contribution in [1.29, 1.82) is 0 Å². The van der Waals surface area contributed by atoms with Crippen LogP contribution in [-0.2, 0) is 11.2 Å². The van der Waals surface area contributed by atoms with E-state index in [1.807, 2.05) is 19.9 Å². The van der Waals surface area contributed by atoms with E-state index in [1.54, 1.807) is 7.11 Å². The molecule has 1 atom stereocenters. The lowest BCUT2D eigenvalue weighted by Gasteiger charge is -2.14. The van der Waals surface area contributed by atoms with Gasteiger partial charge in [0.25, 0.3) is 0 Å². The van der Waals surface area contributed by atoms with Crippen LogP contribution in [0, 0.1) is 19.8 Å². The number of methoxy groups -OCH3 is 1. The van der Waals surface area contributed by atoms with E-state index in [1.165, 1.54) is 11.1 Å². The van der Waals surface area contributed by atoms with Crippen LogP contribution in [0.1, 0.15) is 23.6 Å². The van der Waals surface area contributed by atoms with Crippen molar-refractivity contribution < 1.29 is 9.53 Å². The lowest BCUT2D eigenvalue weighted by molar-refractivity contribution is -0.110. The summed E-state index contributed by atoms with van der Waals surface area (Å²) in [6.45, 7) is 6.02. The average Bonchev–Trinajstić information content (AvgIpc) is 2.21. The van der Waals surface area contributed by atoms with E-state index in [0.717, 1.165) is 24.0 Å². The fourth-order valence-electron chi connectivity index (χ4n) is 1.77. The molecule has 0 N–H and O–H groups in total. The van der Waals surface area contributed by atoms with Crippen molar-refractivity contribution in [3.63, 3.8) is 0 Å². The van der Waals surface area contributed by atoms with Crippen LogP contribution in [0.5, 0.6) is 5.75 Å². The summed E-state index contributed by atoms with van der Waals surface area (Å²) in [5.74, 6) is 0.932. The molecule has 0 aromatic heterocycles. The molecule has 82 valence electrons. The molecule has 2 nitrogen and oxygen atoms in total. The molecule has 0 saturated carbocycles. The monoisotopic (exact) mass is 206 g/mol. The molecule has 15 heavy (non-hydrogen) atoms. The van der Waals surface area contributed by atoms with Gasteiger partial charge in [-0.1, -0.05) is 13.0 Å². The zero-order valence-electron chi connectivity index (χ0n) is 9.83. The van der Waals surface area contributed by atoms with Gasteiger partial charge in [-0.25, -0.2) is 0 Å². The van der Waals surface area contributed by atoms with Crippen LogP contribution in [0.25, 0.3) is 0 Å².